The van der Waals surface area contributed by atoms with Gasteiger partial charge in [0.05, 0.1) is 11.8 Å². The van der Waals surface area contributed by atoms with Crippen molar-refractivity contribution in [2.45, 2.75) is 25.7 Å². The molecular formula is C8H12AgO4. The molecule has 0 heterocycles. The third kappa shape index (κ3) is 3.14. The van der Waals surface area contributed by atoms with E-state index in [0.29, 0.717) is 12.8 Å². The zero-order chi connectivity index (χ0) is 9.14. The molecule has 1 saturated carbocycles. The minimum Gasteiger partial charge on any atom is -0.481 e. The standard InChI is InChI=1S/C8H12O4.Ag/c9-7(10)5-3-1-2-4-6(5)8(11)12;/h5-6H,1-4H2,(H,9,10)(H,11,12);. The van der Waals surface area contributed by atoms with Crippen molar-refractivity contribution in [1.29, 1.82) is 0 Å². The van der Waals surface area contributed by atoms with E-state index in [1.165, 1.54) is 0 Å². The van der Waals surface area contributed by atoms with Crippen LogP contribution in [0, 0.1) is 11.8 Å². The van der Waals surface area contributed by atoms with E-state index in [1.807, 2.05) is 0 Å². The average molecular weight is 280 g/mol. The number of rotatable bonds is 2. The molecule has 0 aliphatic heterocycles. The van der Waals surface area contributed by atoms with Crippen molar-refractivity contribution in [1.82, 2.24) is 0 Å². The Hall–Kier alpha value is -0.320. The molecule has 0 aromatic heterocycles. The summed E-state index contributed by atoms with van der Waals surface area (Å²) in [5.74, 6) is -3.28. The Morgan fingerprint density at radius 2 is 1.23 bits per heavy atom. The van der Waals surface area contributed by atoms with E-state index in [4.69, 9.17) is 10.2 Å². The Labute approximate surface area is 91.8 Å². The summed E-state index contributed by atoms with van der Waals surface area (Å²) in [7, 11) is 0. The molecule has 1 rings (SSSR count). The van der Waals surface area contributed by atoms with Gasteiger partial charge in [-0.3, -0.25) is 9.59 Å². The molecular weight excluding hydrogens is 268 g/mol. The first-order valence-electron chi connectivity index (χ1n) is 4.08. The Morgan fingerprint density at radius 1 is 0.923 bits per heavy atom. The summed E-state index contributed by atoms with van der Waals surface area (Å²) in [6.07, 6.45) is 2.68. The molecule has 79 valence electrons. The first-order valence-corrected chi connectivity index (χ1v) is 4.08. The van der Waals surface area contributed by atoms with Gasteiger partial charge in [0.1, 0.15) is 0 Å². The van der Waals surface area contributed by atoms with Crippen LogP contribution in [0.3, 0.4) is 0 Å². The maximum Gasteiger partial charge on any atom is 0.307 e. The summed E-state index contributed by atoms with van der Waals surface area (Å²) in [6.45, 7) is 0. The summed E-state index contributed by atoms with van der Waals surface area (Å²) in [4.78, 5) is 21.2. The van der Waals surface area contributed by atoms with Gasteiger partial charge in [0.2, 0.25) is 0 Å². The molecule has 0 amide bonds. The smallest absolute Gasteiger partial charge is 0.307 e. The van der Waals surface area contributed by atoms with E-state index in [2.05, 4.69) is 0 Å². The summed E-state index contributed by atoms with van der Waals surface area (Å²) < 4.78 is 0. The summed E-state index contributed by atoms with van der Waals surface area (Å²) in [6, 6.07) is 0. The molecule has 1 aliphatic carbocycles. The van der Waals surface area contributed by atoms with Crippen LogP contribution in [0.5, 0.6) is 0 Å². The average Bonchev–Trinajstić information content (AvgIpc) is 2.04. The first-order chi connectivity index (χ1) is 5.63. The van der Waals surface area contributed by atoms with Crippen molar-refractivity contribution in [3.63, 3.8) is 0 Å². The molecule has 1 fully saturated rings. The Balaban J connectivity index is 0.00000144. The second-order valence-electron chi connectivity index (χ2n) is 3.17. The van der Waals surface area contributed by atoms with Crippen LogP contribution < -0.4 is 0 Å². The van der Waals surface area contributed by atoms with Gasteiger partial charge in [0, 0.05) is 22.4 Å². The van der Waals surface area contributed by atoms with Gasteiger partial charge in [0.15, 0.2) is 0 Å². The predicted molar refractivity (Wildman–Crippen MR) is 40.7 cm³/mol. The molecule has 0 saturated heterocycles. The summed E-state index contributed by atoms with van der Waals surface area (Å²) in [5.41, 5.74) is 0. The molecule has 2 unspecified atom stereocenters. The van der Waals surface area contributed by atoms with E-state index >= 15 is 0 Å². The quantitative estimate of drug-likeness (QED) is 0.739. The van der Waals surface area contributed by atoms with Crippen LogP contribution in [0.1, 0.15) is 25.7 Å². The predicted octanol–water partition coefficient (Wildman–Crippen LogP) is 0.960. The third-order valence-corrected chi connectivity index (χ3v) is 2.40. The first kappa shape index (κ1) is 12.7. The zero-order valence-electron chi connectivity index (χ0n) is 7.00. The van der Waals surface area contributed by atoms with Crippen LogP contribution in [0.4, 0.5) is 0 Å². The van der Waals surface area contributed by atoms with Gasteiger partial charge in [-0.25, -0.2) is 0 Å². The van der Waals surface area contributed by atoms with Crippen molar-refractivity contribution in [3.05, 3.63) is 0 Å². The Morgan fingerprint density at radius 3 is 1.46 bits per heavy atom. The number of hydrogen-bond donors (Lipinski definition) is 2. The molecule has 4 nitrogen and oxygen atoms in total. The second-order valence-corrected chi connectivity index (χ2v) is 3.17. The van der Waals surface area contributed by atoms with E-state index in [9.17, 15) is 9.59 Å². The van der Waals surface area contributed by atoms with E-state index in [0.717, 1.165) is 12.8 Å². The van der Waals surface area contributed by atoms with E-state index < -0.39 is 23.8 Å². The minimum atomic E-state index is -0.970. The largest absolute Gasteiger partial charge is 0.481 e. The fraction of sp³-hybridized carbons (Fsp3) is 0.750. The fourth-order valence-electron chi connectivity index (χ4n) is 1.72. The Bertz CT molecular complexity index is 182. The summed E-state index contributed by atoms with van der Waals surface area (Å²) >= 11 is 0. The topological polar surface area (TPSA) is 74.6 Å². The minimum absolute atomic E-state index is 0. The maximum atomic E-state index is 10.6. The van der Waals surface area contributed by atoms with Gasteiger partial charge in [-0.2, -0.15) is 0 Å². The van der Waals surface area contributed by atoms with Crippen molar-refractivity contribution < 1.29 is 42.2 Å². The summed E-state index contributed by atoms with van der Waals surface area (Å²) in [5, 5.41) is 17.4. The molecule has 5 heteroatoms. The number of carboxylic acid groups (broad SMARTS) is 2. The van der Waals surface area contributed by atoms with Gasteiger partial charge in [-0.05, 0) is 12.8 Å². The van der Waals surface area contributed by atoms with E-state index in [-0.39, 0.29) is 22.4 Å². The van der Waals surface area contributed by atoms with E-state index in [1.54, 1.807) is 0 Å². The maximum absolute atomic E-state index is 10.6. The molecule has 0 aromatic rings. The van der Waals surface area contributed by atoms with Gasteiger partial charge in [0.25, 0.3) is 0 Å². The van der Waals surface area contributed by atoms with Gasteiger partial charge in [-0.15, -0.1) is 0 Å². The molecule has 0 aromatic carbocycles. The fourth-order valence-corrected chi connectivity index (χ4v) is 1.72. The molecule has 2 N–H and O–H groups in total. The molecule has 1 radical (unpaired) electrons. The normalized spacial score (nSPS) is 27.4. The molecule has 13 heavy (non-hydrogen) atoms. The van der Waals surface area contributed by atoms with Crippen molar-refractivity contribution in [3.8, 4) is 0 Å². The zero-order valence-corrected chi connectivity index (χ0v) is 8.48. The number of carbonyl (C=O) groups is 2. The molecule has 0 spiro atoms. The van der Waals surface area contributed by atoms with Crippen molar-refractivity contribution in [2.24, 2.45) is 11.8 Å². The number of carboxylic acids is 2. The van der Waals surface area contributed by atoms with Crippen LogP contribution in [-0.2, 0) is 32.0 Å². The SMILES string of the molecule is O=C(O)C1CCCCC1C(=O)O.[Ag]. The van der Waals surface area contributed by atoms with Crippen molar-refractivity contribution >= 4 is 11.9 Å². The van der Waals surface area contributed by atoms with Crippen molar-refractivity contribution in [2.75, 3.05) is 0 Å². The van der Waals surface area contributed by atoms with Gasteiger partial charge >= 0.3 is 11.9 Å². The molecule has 2 atom stereocenters. The van der Waals surface area contributed by atoms with Crippen LogP contribution in [0.15, 0.2) is 0 Å². The van der Waals surface area contributed by atoms with Crippen LogP contribution in [0.2, 0.25) is 0 Å². The number of aliphatic carboxylic acids is 2. The molecule has 0 bridgehead atoms. The number of hydrogen-bond acceptors (Lipinski definition) is 2. The monoisotopic (exact) mass is 279 g/mol. The third-order valence-electron chi connectivity index (χ3n) is 2.40. The van der Waals surface area contributed by atoms with Crippen LogP contribution in [-0.4, -0.2) is 22.2 Å². The second kappa shape index (κ2) is 5.42. The van der Waals surface area contributed by atoms with Crippen LogP contribution >= 0.6 is 0 Å². The van der Waals surface area contributed by atoms with Gasteiger partial charge in [-0.1, -0.05) is 12.8 Å². The molecule has 1 aliphatic rings. The van der Waals surface area contributed by atoms with Crippen LogP contribution in [0.25, 0.3) is 0 Å². The van der Waals surface area contributed by atoms with Gasteiger partial charge < -0.3 is 10.2 Å². The Kier molecular flexibility index (Phi) is 5.29.